The molecule has 2 aromatic rings. The van der Waals surface area contributed by atoms with Crippen molar-refractivity contribution in [3.05, 3.63) is 45.1 Å². The van der Waals surface area contributed by atoms with Gasteiger partial charge in [-0.1, -0.05) is 13.8 Å². The third kappa shape index (κ3) is 9.09. The van der Waals surface area contributed by atoms with E-state index in [1.807, 2.05) is 12.1 Å². The molecular formula is C22H28Br2O8. The summed E-state index contributed by atoms with van der Waals surface area (Å²) in [5.41, 5.74) is 0. The molecule has 3 rings (SSSR count). The van der Waals surface area contributed by atoms with Gasteiger partial charge in [-0.25, -0.2) is 0 Å². The topological polar surface area (TPSA) is 134 Å². The standard InChI is InChI=1S/C11H13BrO4.C11H15BrO4/c1-6(11(13)14)2-3-8-10(16-8)7-4-5-9(12)15-7;1-7(11(14)15)2-3-8(13)6-9-4-5-10(12)16-9/h4-6,8,10H,2-3H2,1H3,(H,13,14);4-5,7-8,13H,2-3,6H2,1H3,(H,14,15). The number of hydrogen-bond donors (Lipinski definition) is 3. The van der Waals surface area contributed by atoms with Crippen LogP contribution in [0.15, 0.2) is 42.4 Å². The maximum atomic E-state index is 10.6. The van der Waals surface area contributed by atoms with Crippen LogP contribution in [0.1, 0.15) is 57.2 Å². The van der Waals surface area contributed by atoms with Crippen LogP contribution >= 0.6 is 31.9 Å². The van der Waals surface area contributed by atoms with Gasteiger partial charge in [-0.2, -0.15) is 0 Å². The molecule has 1 aliphatic rings. The largest absolute Gasteiger partial charge is 0.481 e. The second-order valence-electron chi connectivity index (χ2n) is 7.93. The van der Waals surface area contributed by atoms with Gasteiger partial charge in [0.2, 0.25) is 0 Å². The fraction of sp³-hybridized carbons (Fsp3) is 0.545. The molecule has 0 bridgehead atoms. The van der Waals surface area contributed by atoms with Crippen molar-refractivity contribution in [2.24, 2.45) is 11.8 Å². The summed E-state index contributed by atoms with van der Waals surface area (Å²) in [6, 6.07) is 7.25. The monoisotopic (exact) mass is 578 g/mol. The fourth-order valence-corrected chi connectivity index (χ4v) is 3.65. The van der Waals surface area contributed by atoms with Crippen molar-refractivity contribution in [1.29, 1.82) is 0 Å². The molecule has 0 spiro atoms. The molecule has 0 amide bonds. The number of furan rings is 2. The number of epoxide rings is 1. The van der Waals surface area contributed by atoms with Crippen molar-refractivity contribution >= 4 is 43.8 Å². The van der Waals surface area contributed by atoms with E-state index in [4.69, 9.17) is 23.8 Å². The molecular weight excluding hydrogens is 552 g/mol. The number of rotatable bonds is 11. The Balaban J connectivity index is 0.000000227. The van der Waals surface area contributed by atoms with Crippen LogP contribution in [0, 0.1) is 11.8 Å². The Morgan fingerprint density at radius 3 is 2.06 bits per heavy atom. The SMILES string of the molecule is CC(CCC(O)Cc1ccc(Br)o1)C(=O)O.CC(CCC1OC1c1ccc(Br)o1)C(=O)O. The summed E-state index contributed by atoms with van der Waals surface area (Å²) in [6.45, 7) is 3.35. The number of hydrogen-bond acceptors (Lipinski definition) is 6. The Morgan fingerprint density at radius 1 is 0.938 bits per heavy atom. The zero-order valence-corrected chi connectivity index (χ0v) is 21.0. The van der Waals surface area contributed by atoms with Crippen molar-refractivity contribution in [3.8, 4) is 0 Å². The zero-order chi connectivity index (χ0) is 23.8. The Hall–Kier alpha value is -1.62. The summed E-state index contributed by atoms with van der Waals surface area (Å²) in [4.78, 5) is 21.2. The van der Waals surface area contributed by atoms with Gasteiger partial charge >= 0.3 is 11.9 Å². The summed E-state index contributed by atoms with van der Waals surface area (Å²) < 4.78 is 17.4. The first-order valence-corrected chi connectivity index (χ1v) is 11.9. The molecule has 0 aliphatic carbocycles. The van der Waals surface area contributed by atoms with Crippen molar-refractivity contribution in [2.75, 3.05) is 0 Å². The molecule has 8 nitrogen and oxygen atoms in total. The number of aliphatic hydroxyl groups excluding tert-OH is 1. The predicted molar refractivity (Wildman–Crippen MR) is 122 cm³/mol. The molecule has 5 unspecified atom stereocenters. The summed E-state index contributed by atoms with van der Waals surface area (Å²) >= 11 is 6.41. The first-order chi connectivity index (χ1) is 15.1. The van der Waals surface area contributed by atoms with Crippen LogP contribution in [-0.4, -0.2) is 39.5 Å². The van der Waals surface area contributed by atoms with Crippen LogP contribution in [0.5, 0.6) is 0 Å². The lowest BCUT2D eigenvalue weighted by molar-refractivity contribution is -0.142. The van der Waals surface area contributed by atoms with E-state index < -0.39 is 24.0 Å². The van der Waals surface area contributed by atoms with Gasteiger partial charge < -0.3 is 28.9 Å². The minimum atomic E-state index is -0.826. The van der Waals surface area contributed by atoms with Crippen LogP contribution in [0.25, 0.3) is 0 Å². The third-order valence-corrected chi connectivity index (χ3v) is 6.04. The van der Waals surface area contributed by atoms with E-state index in [0.29, 0.717) is 40.8 Å². The van der Waals surface area contributed by atoms with Crippen LogP contribution < -0.4 is 0 Å². The summed E-state index contributed by atoms with van der Waals surface area (Å²) in [6.07, 6.45) is 2.31. The summed E-state index contributed by atoms with van der Waals surface area (Å²) in [7, 11) is 0. The predicted octanol–water partition coefficient (Wildman–Crippen LogP) is 5.43. The van der Waals surface area contributed by atoms with Crippen molar-refractivity contribution in [1.82, 2.24) is 0 Å². The highest BCUT2D eigenvalue weighted by atomic mass is 79.9. The number of ether oxygens (including phenoxy) is 1. The molecule has 0 radical (unpaired) electrons. The first kappa shape index (κ1) is 26.6. The highest BCUT2D eigenvalue weighted by Gasteiger charge is 2.42. The number of halogens is 2. The Bertz CT molecular complexity index is 855. The van der Waals surface area contributed by atoms with Crippen LogP contribution in [0.2, 0.25) is 0 Å². The van der Waals surface area contributed by atoms with E-state index in [9.17, 15) is 14.7 Å². The average Bonchev–Trinajstić information content (AvgIpc) is 3.19. The molecule has 2 aromatic heterocycles. The van der Waals surface area contributed by atoms with E-state index in [0.717, 1.165) is 12.2 Å². The number of aliphatic hydroxyl groups is 1. The van der Waals surface area contributed by atoms with Crippen molar-refractivity contribution in [2.45, 2.75) is 64.3 Å². The van der Waals surface area contributed by atoms with Crippen LogP contribution in [0.4, 0.5) is 0 Å². The van der Waals surface area contributed by atoms with Gasteiger partial charge in [-0.05, 0) is 81.8 Å². The minimum absolute atomic E-state index is 0.00675. The number of carboxylic acid groups (broad SMARTS) is 2. The lowest BCUT2D eigenvalue weighted by Gasteiger charge is -2.10. The van der Waals surface area contributed by atoms with E-state index in [1.54, 1.807) is 26.0 Å². The quantitative estimate of drug-likeness (QED) is 0.300. The molecule has 1 aliphatic heterocycles. The number of carboxylic acids is 2. The zero-order valence-electron chi connectivity index (χ0n) is 17.9. The van der Waals surface area contributed by atoms with Crippen LogP contribution in [0.3, 0.4) is 0 Å². The lowest BCUT2D eigenvalue weighted by Crippen LogP contribution is -2.15. The molecule has 1 saturated heterocycles. The normalized spacial score (nSPS) is 20.0. The van der Waals surface area contributed by atoms with Crippen LogP contribution in [-0.2, 0) is 20.7 Å². The lowest BCUT2D eigenvalue weighted by atomic mass is 10.0. The Kier molecular flexibility index (Phi) is 10.5. The molecule has 0 aromatic carbocycles. The van der Waals surface area contributed by atoms with Gasteiger partial charge in [0.15, 0.2) is 9.34 Å². The molecule has 3 N–H and O–H groups in total. The minimum Gasteiger partial charge on any atom is -0.481 e. The smallest absolute Gasteiger partial charge is 0.306 e. The van der Waals surface area contributed by atoms with Gasteiger partial charge in [0, 0.05) is 6.42 Å². The van der Waals surface area contributed by atoms with Gasteiger partial charge in [0.25, 0.3) is 0 Å². The maximum Gasteiger partial charge on any atom is 0.306 e. The van der Waals surface area contributed by atoms with Gasteiger partial charge in [0.1, 0.15) is 17.6 Å². The van der Waals surface area contributed by atoms with Gasteiger partial charge in [-0.15, -0.1) is 0 Å². The first-order valence-electron chi connectivity index (χ1n) is 10.3. The summed E-state index contributed by atoms with van der Waals surface area (Å²) in [5.74, 6) is -0.806. The molecule has 10 heteroatoms. The number of carbonyl (C=O) groups is 2. The molecule has 0 saturated carbocycles. The highest BCUT2D eigenvalue weighted by Crippen LogP contribution is 2.43. The van der Waals surface area contributed by atoms with E-state index in [-0.39, 0.29) is 18.1 Å². The van der Waals surface area contributed by atoms with Crippen molar-refractivity contribution in [3.63, 3.8) is 0 Å². The van der Waals surface area contributed by atoms with E-state index in [1.165, 1.54) is 0 Å². The van der Waals surface area contributed by atoms with Gasteiger partial charge in [0.05, 0.1) is 24.0 Å². The maximum absolute atomic E-state index is 10.6. The highest BCUT2D eigenvalue weighted by molar-refractivity contribution is 9.10. The van der Waals surface area contributed by atoms with E-state index >= 15 is 0 Å². The number of aliphatic carboxylic acids is 2. The molecule has 1 fully saturated rings. The van der Waals surface area contributed by atoms with Crippen molar-refractivity contribution < 1.29 is 38.5 Å². The Labute approximate surface area is 203 Å². The third-order valence-electron chi connectivity index (χ3n) is 5.18. The average molecular weight is 580 g/mol. The Morgan fingerprint density at radius 2 is 1.53 bits per heavy atom. The summed E-state index contributed by atoms with van der Waals surface area (Å²) in [5, 5.41) is 27.1. The van der Waals surface area contributed by atoms with E-state index in [2.05, 4.69) is 31.9 Å². The second-order valence-corrected chi connectivity index (χ2v) is 9.50. The fourth-order valence-electron chi connectivity index (χ4n) is 2.99. The second kappa shape index (κ2) is 12.6. The van der Waals surface area contributed by atoms with Gasteiger partial charge in [-0.3, -0.25) is 9.59 Å². The molecule has 5 atom stereocenters. The molecule has 32 heavy (non-hydrogen) atoms. The molecule has 3 heterocycles. The molecule has 178 valence electrons.